The third-order valence-corrected chi connectivity index (χ3v) is 3.80. The number of aliphatic carboxylic acids is 1. The van der Waals surface area contributed by atoms with Gasteiger partial charge in [-0.05, 0) is 6.42 Å². The lowest BCUT2D eigenvalue weighted by Crippen LogP contribution is -2.55. The van der Waals surface area contributed by atoms with Crippen LogP contribution in [0.1, 0.15) is 46.0 Å². The van der Waals surface area contributed by atoms with Gasteiger partial charge < -0.3 is 28.6 Å². The molecule has 0 amide bonds. The van der Waals surface area contributed by atoms with Gasteiger partial charge in [0.1, 0.15) is 12.6 Å². The molecule has 0 saturated heterocycles. The molecule has 0 aliphatic carbocycles. The molecular weight excluding hydrogens is 342 g/mol. The number of unbranched alkanes of at least 4 members (excludes halogenated alkanes) is 1. The number of ether oxygens (including phenoxy) is 3. The van der Waals surface area contributed by atoms with Gasteiger partial charge in [0.2, 0.25) is 0 Å². The Balaban J connectivity index is 4.49. The Morgan fingerprint density at radius 1 is 1.04 bits per heavy atom. The van der Waals surface area contributed by atoms with Crippen LogP contribution in [0.3, 0.4) is 0 Å². The average Bonchev–Trinajstić information content (AvgIpc) is 2.55. The maximum Gasteiger partial charge on any atom is 0.306 e. The molecular formula is C18H33NO7. The second kappa shape index (κ2) is 12.6. The van der Waals surface area contributed by atoms with Crippen LogP contribution in [-0.4, -0.2) is 75.5 Å². The summed E-state index contributed by atoms with van der Waals surface area (Å²) in [5, 5.41) is 11.2. The zero-order valence-corrected chi connectivity index (χ0v) is 16.6. The van der Waals surface area contributed by atoms with Crippen molar-refractivity contribution in [2.24, 2.45) is 0 Å². The highest BCUT2D eigenvalue weighted by Crippen LogP contribution is 2.08. The monoisotopic (exact) mass is 375 g/mol. The van der Waals surface area contributed by atoms with E-state index in [1.54, 1.807) is 28.1 Å². The van der Waals surface area contributed by atoms with Gasteiger partial charge in [-0.2, -0.15) is 0 Å². The summed E-state index contributed by atoms with van der Waals surface area (Å²) in [7, 11) is 5.30. The minimum atomic E-state index is -1.14. The van der Waals surface area contributed by atoms with Crippen LogP contribution >= 0.6 is 0 Å². The SMILES string of the molecule is CCCCC(=O)OC(COCCC(C(=O)[O-])[N+](C)(C)C)COC(=O)CC. The van der Waals surface area contributed by atoms with Crippen LogP contribution in [0.5, 0.6) is 0 Å². The van der Waals surface area contributed by atoms with Gasteiger partial charge in [-0.3, -0.25) is 9.59 Å². The van der Waals surface area contributed by atoms with Crippen molar-refractivity contribution in [3.05, 3.63) is 0 Å². The smallest absolute Gasteiger partial charge is 0.306 e. The van der Waals surface area contributed by atoms with E-state index in [9.17, 15) is 19.5 Å². The van der Waals surface area contributed by atoms with Gasteiger partial charge in [0.15, 0.2) is 6.10 Å². The highest BCUT2D eigenvalue weighted by Gasteiger charge is 2.25. The molecule has 2 unspecified atom stereocenters. The fourth-order valence-electron chi connectivity index (χ4n) is 2.20. The molecule has 8 nitrogen and oxygen atoms in total. The molecule has 0 N–H and O–H groups in total. The van der Waals surface area contributed by atoms with Crippen LogP contribution in [0.2, 0.25) is 0 Å². The summed E-state index contributed by atoms with van der Waals surface area (Å²) in [4.78, 5) is 34.3. The molecule has 152 valence electrons. The van der Waals surface area contributed by atoms with Crippen molar-refractivity contribution >= 4 is 17.9 Å². The number of esters is 2. The predicted molar refractivity (Wildman–Crippen MR) is 92.9 cm³/mol. The van der Waals surface area contributed by atoms with E-state index in [0.29, 0.717) is 6.42 Å². The molecule has 0 rings (SSSR count). The number of carboxylic acid groups (broad SMARTS) is 1. The fourth-order valence-corrected chi connectivity index (χ4v) is 2.20. The van der Waals surface area contributed by atoms with Crippen LogP contribution in [0.4, 0.5) is 0 Å². The normalized spacial score (nSPS) is 13.7. The van der Waals surface area contributed by atoms with Gasteiger partial charge >= 0.3 is 11.9 Å². The molecule has 26 heavy (non-hydrogen) atoms. The summed E-state index contributed by atoms with van der Waals surface area (Å²) >= 11 is 0. The number of rotatable bonds is 14. The van der Waals surface area contributed by atoms with E-state index < -0.39 is 18.1 Å². The van der Waals surface area contributed by atoms with E-state index in [1.807, 2.05) is 6.92 Å². The molecule has 0 heterocycles. The number of carbonyl (C=O) groups is 3. The van der Waals surface area contributed by atoms with E-state index in [2.05, 4.69) is 0 Å². The predicted octanol–water partition coefficient (Wildman–Crippen LogP) is 0.273. The van der Waals surface area contributed by atoms with Gasteiger partial charge in [0.05, 0.1) is 40.3 Å². The first-order valence-electron chi connectivity index (χ1n) is 9.06. The van der Waals surface area contributed by atoms with Crippen LogP contribution in [0.25, 0.3) is 0 Å². The minimum Gasteiger partial charge on any atom is -0.544 e. The summed E-state index contributed by atoms with van der Waals surface area (Å²) in [6.07, 6.45) is 1.67. The van der Waals surface area contributed by atoms with Crippen molar-refractivity contribution < 1.29 is 38.2 Å². The van der Waals surface area contributed by atoms with E-state index in [0.717, 1.165) is 12.8 Å². The molecule has 0 aliphatic heterocycles. The largest absolute Gasteiger partial charge is 0.544 e. The summed E-state index contributed by atoms with van der Waals surface area (Å²) in [5.74, 6) is -1.89. The lowest BCUT2D eigenvalue weighted by Gasteiger charge is -2.34. The first-order valence-corrected chi connectivity index (χ1v) is 9.06. The topological polar surface area (TPSA) is 102 Å². The molecule has 0 aromatic rings. The highest BCUT2D eigenvalue weighted by molar-refractivity contribution is 5.70. The molecule has 0 radical (unpaired) electrons. The van der Waals surface area contributed by atoms with Gasteiger partial charge in [-0.1, -0.05) is 20.3 Å². The Hall–Kier alpha value is -1.67. The fraction of sp³-hybridized carbons (Fsp3) is 0.833. The Morgan fingerprint density at radius 2 is 1.69 bits per heavy atom. The maximum absolute atomic E-state index is 11.8. The minimum absolute atomic E-state index is 0.0335. The summed E-state index contributed by atoms with van der Waals surface area (Å²) < 4.78 is 16.0. The summed E-state index contributed by atoms with van der Waals surface area (Å²) in [6, 6.07) is -0.710. The summed E-state index contributed by atoms with van der Waals surface area (Å²) in [5.41, 5.74) is 0. The number of hydrogen-bond donors (Lipinski definition) is 0. The Kier molecular flexibility index (Phi) is 11.8. The molecule has 0 aromatic heterocycles. The highest BCUT2D eigenvalue weighted by atomic mass is 16.6. The summed E-state index contributed by atoms with van der Waals surface area (Å²) in [6.45, 7) is 3.76. The van der Waals surface area contributed by atoms with Crippen LogP contribution in [0.15, 0.2) is 0 Å². The lowest BCUT2D eigenvalue weighted by molar-refractivity contribution is -0.889. The van der Waals surface area contributed by atoms with Gasteiger partial charge in [0.25, 0.3) is 0 Å². The third kappa shape index (κ3) is 11.0. The first-order chi connectivity index (χ1) is 12.1. The number of nitrogens with zero attached hydrogens (tertiary/aromatic N) is 1. The van der Waals surface area contributed by atoms with Crippen molar-refractivity contribution in [2.45, 2.75) is 58.1 Å². The van der Waals surface area contributed by atoms with Crippen LogP contribution in [-0.2, 0) is 28.6 Å². The first kappa shape index (κ1) is 24.3. The lowest BCUT2D eigenvalue weighted by atomic mass is 10.1. The number of quaternary nitrogens is 1. The Labute approximate surface area is 156 Å². The quantitative estimate of drug-likeness (QED) is 0.244. The van der Waals surface area contributed by atoms with Gasteiger partial charge in [-0.15, -0.1) is 0 Å². The molecule has 8 heteroatoms. The van der Waals surface area contributed by atoms with E-state index in [4.69, 9.17) is 14.2 Å². The number of carboxylic acids is 1. The van der Waals surface area contributed by atoms with Crippen molar-refractivity contribution in [1.82, 2.24) is 0 Å². The number of hydrogen-bond acceptors (Lipinski definition) is 7. The number of carbonyl (C=O) groups excluding carboxylic acids is 3. The van der Waals surface area contributed by atoms with Crippen LogP contribution < -0.4 is 5.11 Å². The van der Waals surface area contributed by atoms with Crippen molar-refractivity contribution in [3.8, 4) is 0 Å². The zero-order valence-electron chi connectivity index (χ0n) is 16.6. The standard InChI is InChI=1S/C18H33NO7/c1-6-8-9-17(21)26-14(13-25-16(20)7-2)12-24-11-10-15(18(22)23)19(3,4)5/h14-15H,6-13H2,1-5H3. The molecule has 0 aromatic carbocycles. The van der Waals surface area contributed by atoms with Crippen molar-refractivity contribution in [3.63, 3.8) is 0 Å². The zero-order chi connectivity index (χ0) is 20.2. The molecule has 0 saturated carbocycles. The van der Waals surface area contributed by atoms with Crippen LogP contribution in [0, 0.1) is 0 Å². The third-order valence-electron chi connectivity index (χ3n) is 3.80. The van der Waals surface area contributed by atoms with E-state index in [-0.39, 0.29) is 49.1 Å². The molecule has 0 aliphatic rings. The maximum atomic E-state index is 11.8. The second-order valence-electron chi connectivity index (χ2n) is 7.07. The Bertz CT molecular complexity index is 445. The van der Waals surface area contributed by atoms with E-state index in [1.165, 1.54) is 0 Å². The molecule has 2 atom stereocenters. The van der Waals surface area contributed by atoms with E-state index >= 15 is 0 Å². The average molecular weight is 375 g/mol. The number of likely N-dealkylation sites (N-methyl/N-ethyl adjacent to an activating group) is 1. The van der Waals surface area contributed by atoms with Crippen molar-refractivity contribution in [2.75, 3.05) is 41.0 Å². The molecule has 0 bridgehead atoms. The molecule has 0 spiro atoms. The van der Waals surface area contributed by atoms with Gasteiger partial charge in [-0.25, -0.2) is 0 Å². The molecule has 0 fully saturated rings. The Morgan fingerprint density at radius 3 is 2.19 bits per heavy atom. The van der Waals surface area contributed by atoms with Gasteiger partial charge in [0, 0.05) is 19.3 Å². The van der Waals surface area contributed by atoms with Crippen molar-refractivity contribution in [1.29, 1.82) is 0 Å². The second-order valence-corrected chi connectivity index (χ2v) is 7.07.